The van der Waals surface area contributed by atoms with Gasteiger partial charge in [-0.1, -0.05) is 25.8 Å². The van der Waals surface area contributed by atoms with Crippen LogP contribution in [0, 0.1) is 0 Å². The molecule has 1 aliphatic heterocycles. The van der Waals surface area contributed by atoms with E-state index >= 15 is 0 Å². The molecule has 2 aliphatic rings. The highest BCUT2D eigenvalue weighted by Gasteiger charge is 2.17. The van der Waals surface area contributed by atoms with Crippen molar-refractivity contribution >= 4 is 0 Å². The Morgan fingerprint density at radius 3 is 2.47 bits per heavy atom. The maximum absolute atomic E-state index is 5.33. The maximum atomic E-state index is 5.33. The summed E-state index contributed by atoms with van der Waals surface area (Å²) in [6, 6.07) is 0.661. The third kappa shape index (κ3) is 3.13. The minimum atomic E-state index is 0.661. The normalized spacial score (nSPS) is 23.9. The van der Waals surface area contributed by atoms with Gasteiger partial charge in [0.15, 0.2) is 0 Å². The van der Waals surface area contributed by atoms with Crippen molar-refractivity contribution in [3.63, 3.8) is 0 Å². The zero-order valence-corrected chi connectivity index (χ0v) is 9.50. The number of nitrogens with zero attached hydrogens (tertiary/aromatic N) is 1. The smallest absolute Gasteiger partial charge is 0.0942 e. The molecule has 3 nitrogen and oxygen atoms in total. The molecule has 0 amide bonds. The highest BCUT2D eigenvalue weighted by molar-refractivity contribution is 4.95. The van der Waals surface area contributed by atoms with Crippen molar-refractivity contribution in [2.24, 2.45) is 0 Å². The van der Waals surface area contributed by atoms with E-state index in [0.717, 1.165) is 32.1 Å². The fourth-order valence-corrected chi connectivity index (χ4v) is 2.41. The molecule has 0 atom stereocenters. The molecule has 15 heavy (non-hydrogen) atoms. The van der Waals surface area contributed by atoms with Gasteiger partial charge in [0, 0.05) is 19.1 Å². The van der Waals surface area contributed by atoms with Crippen LogP contribution in [0.2, 0.25) is 0 Å². The molecular weight excluding hydrogens is 188 g/mol. The Hall–Kier alpha value is -0.700. The molecule has 0 aromatic rings. The van der Waals surface area contributed by atoms with Gasteiger partial charge in [0.1, 0.15) is 0 Å². The van der Waals surface area contributed by atoms with Crippen molar-refractivity contribution in [2.75, 3.05) is 26.3 Å². The summed E-state index contributed by atoms with van der Waals surface area (Å²) in [6.07, 6.45) is 6.76. The van der Waals surface area contributed by atoms with E-state index in [4.69, 9.17) is 4.74 Å². The molecule has 1 saturated heterocycles. The fraction of sp³-hybridized carbons (Fsp3) is 0.833. The Morgan fingerprint density at radius 1 is 1.13 bits per heavy atom. The van der Waals surface area contributed by atoms with Crippen molar-refractivity contribution in [2.45, 2.75) is 38.1 Å². The number of nitrogens with one attached hydrogen (secondary N) is 1. The first kappa shape index (κ1) is 10.8. The van der Waals surface area contributed by atoms with Crippen LogP contribution >= 0.6 is 0 Å². The van der Waals surface area contributed by atoms with Gasteiger partial charge in [-0.15, -0.1) is 0 Å². The molecule has 1 saturated carbocycles. The summed E-state index contributed by atoms with van der Waals surface area (Å²) in [5.41, 5.74) is 0. The lowest BCUT2D eigenvalue weighted by Gasteiger charge is -2.34. The standard InChI is InChI=1S/C12H22N2O/c1-11(14-7-9-15-10-8-14)13-12-5-3-2-4-6-12/h12-13H,1-10H2. The maximum Gasteiger partial charge on any atom is 0.0942 e. The van der Waals surface area contributed by atoms with Crippen molar-refractivity contribution in [1.29, 1.82) is 0 Å². The lowest BCUT2D eigenvalue weighted by molar-refractivity contribution is 0.0493. The third-order valence-electron chi connectivity index (χ3n) is 3.37. The largest absolute Gasteiger partial charge is 0.378 e. The predicted molar refractivity (Wildman–Crippen MR) is 61.5 cm³/mol. The van der Waals surface area contributed by atoms with E-state index in [9.17, 15) is 0 Å². The summed E-state index contributed by atoms with van der Waals surface area (Å²) in [7, 11) is 0. The Morgan fingerprint density at radius 2 is 1.80 bits per heavy atom. The molecule has 2 fully saturated rings. The van der Waals surface area contributed by atoms with E-state index in [1.807, 2.05) is 0 Å². The quantitative estimate of drug-likeness (QED) is 0.767. The summed E-state index contributed by atoms with van der Waals surface area (Å²) in [5, 5.41) is 3.56. The monoisotopic (exact) mass is 210 g/mol. The molecule has 1 heterocycles. The van der Waals surface area contributed by atoms with Gasteiger partial charge in [0.05, 0.1) is 19.0 Å². The summed E-state index contributed by atoms with van der Waals surface area (Å²) >= 11 is 0. The predicted octanol–water partition coefficient (Wildman–Crippen LogP) is 1.71. The number of rotatable bonds is 3. The van der Waals surface area contributed by atoms with Crippen LogP contribution < -0.4 is 5.32 Å². The van der Waals surface area contributed by atoms with Crippen molar-refractivity contribution in [3.8, 4) is 0 Å². The summed E-state index contributed by atoms with van der Waals surface area (Å²) < 4.78 is 5.33. The van der Waals surface area contributed by atoms with Crippen LogP contribution in [-0.2, 0) is 4.74 Å². The molecule has 0 aromatic carbocycles. The molecule has 2 rings (SSSR count). The molecular formula is C12H22N2O. The zero-order valence-electron chi connectivity index (χ0n) is 9.50. The topological polar surface area (TPSA) is 24.5 Å². The molecule has 1 N–H and O–H groups in total. The molecule has 3 heteroatoms. The lowest BCUT2D eigenvalue weighted by Crippen LogP contribution is -2.43. The van der Waals surface area contributed by atoms with Crippen molar-refractivity contribution in [1.82, 2.24) is 10.2 Å². The summed E-state index contributed by atoms with van der Waals surface area (Å²) in [6.45, 7) is 7.78. The third-order valence-corrected chi connectivity index (χ3v) is 3.37. The Labute approximate surface area is 92.5 Å². The van der Waals surface area contributed by atoms with E-state index in [1.165, 1.54) is 32.1 Å². The fourth-order valence-electron chi connectivity index (χ4n) is 2.41. The molecule has 0 aromatic heterocycles. The van der Waals surface area contributed by atoms with Crippen molar-refractivity contribution in [3.05, 3.63) is 12.4 Å². The van der Waals surface area contributed by atoms with Gasteiger partial charge in [0.25, 0.3) is 0 Å². The minimum Gasteiger partial charge on any atom is -0.378 e. The Bertz CT molecular complexity index is 206. The highest BCUT2D eigenvalue weighted by Crippen LogP contribution is 2.18. The molecule has 0 spiro atoms. The van der Waals surface area contributed by atoms with Gasteiger partial charge in [-0.3, -0.25) is 0 Å². The zero-order chi connectivity index (χ0) is 10.5. The average molecular weight is 210 g/mol. The average Bonchev–Trinajstić information content (AvgIpc) is 2.31. The van der Waals surface area contributed by atoms with Gasteiger partial charge in [0.2, 0.25) is 0 Å². The van der Waals surface area contributed by atoms with Gasteiger partial charge in [-0.05, 0) is 12.8 Å². The van der Waals surface area contributed by atoms with Crippen LogP contribution in [0.15, 0.2) is 12.4 Å². The van der Waals surface area contributed by atoms with Crippen LogP contribution in [0.25, 0.3) is 0 Å². The molecule has 1 aliphatic carbocycles. The second-order valence-corrected chi connectivity index (χ2v) is 4.53. The summed E-state index contributed by atoms with van der Waals surface area (Å²) in [4.78, 5) is 2.30. The minimum absolute atomic E-state index is 0.661. The van der Waals surface area contributed by atoms with Crippen molar-refractivity contribution < 1.29 is 4.74 Å². The van der Waals surface area contributed by atoms with E-state index in [-0.39, 0.29) is 0 Å². The molecule has 0 unspecified atom stereocenters. The number of hydrogen-bond acceptors (Lipinski definition) is 3. The van der Waals surface area contributed by atoms with Crippen LogP contribution in [0.1, 0.15) is 32.1 Å². The molecule has 0 bridgehead atoms. The van der Waals surface area contributed by atoms with E-state index in [2.05, 4.69) is 16.8 Å². The number of morpholine rings is 1. The highest BCUT2D eigenvalue weighted by atomic mass is 16.5. The molecule has 86 valence electrons. The first-order valence-corrected chi connectivity index (χ1v) is 6.14. The molecule has 0 radical (unpaired) electrons. The lowest BCUT2D eigenvalue weighted by atomic mass is 9.95. The summed E-state index contributed by atoms with van der Waals surface area (Å²) in [5.74, 6) is 1.10. The van der Waals surface area contributed by atoms with Gasteiger partial charge in [-0.2, -0.15) is 0 Å². The Kier molecular flexibility index (Phi) is 3.89. The van der Waals surface area contributed by atoms with E-state index < -0.39 is 0 Å². The van der Waals surface area contributed by atoms with Crippen LogP contribution in [0.5, 0.6) is 0 Å². The number of hydrogen-bond donors (Lipinski definition) is 1. The van der Waals surface area contributed by atoms with Gasteiger partial charge >= 0.3 is 0 Å². The Balaban J connectivity index is 1.74. The second-order valence-electron chi connectivity index (χ2n) is 4.53. The first-order valence-electron chi connectivity index (χ1n) is 6.14. The van der Waals surface area contributed by atoms with Gasteiger partial charge < -0.3 is 15.0 Å². The van der Waals surface area contributed by atoms with Crippen LogP contribution in [0.3, 0.4) is 0 Å². The van der Waals surface area contributed by atoms with Crippen LogP contribution in [0.4, 0.5) is 0 Å². The first-order chi connectivity index (χ1) is 7.36. The second kappa shape index (κ2) is 5.40. The van der Waals surface area contributed by atoms with Crippen LogP contribution in [-0.4, -0.2) is 37.2 Å². The van der Waals surface area contributed by atoms with E-state index in [0.29, 0.717) is 6.04 Å². The SMILES string of the molecule is C=C(NC1CCCCC1)N1CCOCC1. The number of ether oxygens (including phenoxy) is 1. The van der Waals surface area contributed by atoms with E-state index in [1.54, 1.807) is 0 Å². The van der Waals surface area contributed by atoms with Gasteiger partial charge in [-0.25, -0.2) is 0 Å².